The zero-order valence-corrected chi connectivity index (χ0v) is 15.9. The van der Waals surface area contributed by atoms with Gasteiger partial charge in [0, 0.05) is 16.9 Å². The molecule has 0 saturated heterocycles. The number of hydrogen-bond donors (Lipinski definition) is 3. The molecule has 0 fully saturated rings. The molecule has 0 unspecified atom stereocenters. The molecule has 2 aromatic heterocycles. The molecule has 1 amide bonds. The van der Waals surface area contributed by atoms with Crippen LogP contribution in [0.4, 0.5) is 16.5 Å². The van der Waals surface area contributed by atoms with E-state index in [1.54, 1.807) is 24.3 Å². The Bertz CT molecular complexity index is 1030. The number of aromatic carboxylic acids is 1. The number of benzene rings is 1. The molecule has 0 saturated carbocycles. The highest BCUT2D eigenvalue weighted by Gasteiger charge is 2.14. The van der Waals surface area contributed by atoms with Crippen LogP contribution in [0, 0.1) is 6.92 Å². The van der Waals surface area contributed by atoms with Crippen LogP contribution in [-0.2, 0) is 11.2 Å². The highest BCUT2D eigenvalue weighted by atomic mass is 32.1. The maximum absolute atomic E-state index is 11.0. The Hall–Kier alpha value is -3.52. The van der Waals surface area contributed by atoms with Gasteiger partial charge in [0.15, 0.2) is 5.82 Å². The molecule has 0 atom stereocenters. The van der Waals surface area contributed by atoms with Gasteiger partial charge in [0.2, 0.25) is 6.41 Å². The van der Waals surface area contributed by atoms with E-state index in [-0.39, 0.29) is 5.56 Å². The summed E-state index contributed by atoms with van der Waals surface area (Å²) in [6.07, 6.45) is 2.99. The van der Waals surface area contributed by atoms with Crippen LogP contribution in [0.15, 0.2) is 49.1 Å². The van der Waals surface area contributed by atoms with E-state index in [1.165, 1.54) is 23.5 Å². The number of nitrogens with zero attached hydrogens (tertiary/aromatic N) is 2. The number of carbonyl (C=O) groups excluding carboxylic acids is 1. The molecule has 3 aromatic rings. The summed E-state index contributed by atoms with van der Waals surface area (Å²) in [5.74, 6) is 0.194. The third-order valence-electron chi connectivity index (χ3n) is 3.98. The number of nitrogens with one attached hydrogen (secondary N) is 2. The summed E-state index contributed by atoms with van der Waals surface area (Å²) in [4.78, 5) is 31.7. The van der Waals surface area contributed by atoms with Crippen molar-refractivity contribution >= 4 is 40.2 Å². The summed E-state index contributed by atoms with van der Waals surface area (Å²) >= 11 is 1.38. The Kier molecular flexibility index (Phi) is 5.81. The molecule has 8 heteroatoms. The first-order valence-corrected chi connectivity index (χ1v) is 9.22. The monoisotopic (exact) mass is 394 g/mol. The predicted octanol–water partition coefficient (Wildman–Crippen LogP) is 4.25. The minimum Gasteiger partial charge on any atom is -0.478 e. The zero-order chi connectivity index (χ0) is 20.1. The average molecular weight is 394 g/mol. The predicted molar refractivity (Wildman–Crippen MR) is 110 cm³/mol. The van der Waals surface area contributed by atoms with Gasteiger partial charge in [-0.05, 0) is 49.7 Å². The van der Waals surface area contributed by atoms with Crippen molar-refractivity contribution in [1.29, 1.82) is 0 Å². The topological polar surface area (TPSA) is 104 Å². The molecule has 0 aliphatic rings. The number of thiophene rings is 1. The minimum absolute atomic E-state index is 0.213. The number of carboxylic acid groups (broad SMARTS) is 1. The molecule has 7 nitrogen and oxygen atoms in total. The fourth-order valence-corrected chi connectivity index (χ4v) is 3.42. The van der Waals surface area contributed by atoms with E-state index in [2.05, 4.69) is 27.2 Å². The molecule has 3 rings (SSSR count). The van der Waals surface area contributed by atoms with Crippen LogP contribution >= 0.6 is 11.3 Å². The SMILES string of the molecule is C=CCc1c(C)nc(-c2ccc(NC=O)s2)nc1Nc1ccc(C(=O)O)cc1. The molecule has 1 aromatic carbocycles. The number of amides is 1. The lowest BCUT2D eigenvalue weighted by Crippen LogP contribution is -2.05. The van der Waals surface area contributed by atoms with Crippen LogP contribution in [-0.4, -0.2) is 27.5 Å². The van der Waals surface area contributed by atoms with Gasteiger partial charge in [-0.1, -0.05) is 6.08 Å². The van der Waals surface area contributed by atoms with Crippen molar-refractivity contribution in [3.63, 3.8) is 0 Å². The minimum atomic E-state index is -0.975. The second-order valence-corrected chi connectivity index (χ2v) is 6.97. The van der Waals surface area contributed by atoms with E-state index in [1.807, 2.05) is 13.0 Å². The van der Waals surface area contributed by atoms with Crippen LogP contribution in [0.5, 0.6) is 0 Å². The summed E-state index contributed by atoms with van der Waals surface area (Å²) in [6.45, 7) is 5.70. The van der Waals surface area contributed by atoms with Crippen molar-refractivity contribution in [1.82, 2.24) is 9.97 Å². The molecule has 0 aliphatic heterocycles. The van der Waals surface area contributed by atoms with Crippen LogP contribution in [0.3, 0.4) is 0 Å². The molecule has 0 radical (unpaired) electrons. The molecule has 2 heterocycles. The molecule has 0 aliphatic carbocycles. The standard InChI is InChI=1S/C20H18N4O3S/c1-3-4-15-12(2)22-19(16-9-10-17(28-16)21-11-25)24-18(15)23-14-7-5-13(6-8-14)20(26)27/h3,5-11H,1,4H2,2H3,(H,21,25)(H,26,27)(H,22,23,24). The van der Waals surface area contributed by atoms with Gasteiger partial charge in [0.1, 0.15) is 5.82 Å². The van der Waals surface area contributed by atoms with E-state index in [0.29, 0.717) is 35.2 Å². The van der Waals surface area contributed by atoms with Gasteiger partial charge in [-0.25, -0.2) is 14.8 Å². The summed E-state index contributed by atoms with van der Waals surface area (Å²) < 4.78 is 0. The van der Waals surface area contributed by atoms with Gasteiger partial charge in [-0.3, -0.25) is 4.79 Å². The van der Waals surface area contributed by atoms with Gasteiger partial charge >= 0.3 is 5.97 Å². The average Bonchev–Trinajstić information content (AvgIpc) is 3.14. The lowest BCUT2D eigenvalue weighted by molar-refractivity contribution is -0.105. The molecular formula is C20H18N4O3S. The van der Waals surface area contributed by atoms with E-state index < -0.39 is 5.97 Å². The Balaban J connectivity index is 1.99. The van der Waals surface area contributed by atoms with Crippen molar-refractivity contribution < 1.29 is 14.7 Å². The first kappa shape index (κ1) is 19.2. The fourth-order valence-electron chi connectivity index (χ4n) is 2.62. The largest absolute Gasteiger partial charge is 0.478 e. The molecule has 0 bridgehead atoms. The molecular weight excluding hydrogens is 376 g/mol. The third kappa shape index (κ3) is 4.24. The summed E-state index contributed by atoms with van der Waals surface area (Å²) in [7, 11) is 0. The van der Waals surface area contributed by atoms with Gasteiger partial charge < -0.3 is 15.7 Å². The van der Waals surface area contributed by atoms with Crippen LogP contribution in [0.2, 0.25) is 0 Å². The molecule has 142 valence electrons. The summed E-state index contributed by atoms with van der Waals surface area (Å²) in [5.41, 5.74) is 2.65. The number of carbonyl (C=O) groups is 2. The smallest absolute Gasteiger partial charge is 0.335 e. The summed E-state index contributed by atoms with van der Waals surface area (Å²) in [5, 5.41) is 15.6. The quantitative estimate of drug-likeness (QED) is 0.390. The Morgan fingerprint density at radius 3 is 2.61 bits per heavy atom. The maximum Gasteiger partial charge on any atom is 0.335 e. The first-order chi connectivity index (χ1) is 13.5. The summed E-state index contributed by atoms with van der Waals surface area (Å²) in [6, 6.07) is 10.1. The lowest BCUT2D eigenvalue weighted by atomic mass is 10.1. The second kappa shape index (κ2) is 8.45. The zero-order valence-electron chi connectivity index (χ0n) is 15.1. The van der Waals surface area contributed by atoms with E-state index in [9.17, 15) is 9.59 Å². The van der Waals surface area contributed by atoms with Gasteiger partial charge in [0.05, 0.1) is 15.4 Å². The highest BCUT2D eigenvalue weighted by molar-refractivity contribution is 7.19. The number of anilines is 3. The van der Waals surface area contributed by atoms with E-state index >= 15 is 0 Å². The normalized spacial score (nSPS) is 10.3. The fraction of sp³-hybridized carbons (Fsp3) is 0.100. The maximum atomic E-state index is 11.0. The number of allylic oxidation sites excluding steroid dienone is 1. The lowest BCUT2D eigenvalue weighted by Gasteiger charge is -2.14. The van der Waals surface area contributed by atoms with Crippen molar-refractivity contribution in [3.05, 3.63) is 65.9 Å². The Labute approximate surface area is 165 Å². The second-order valence-electron chi connectivity index (χ2n) is 5.89. The number of aryl methyl sites for hydroxylation is 1. The Morgan fingerprint density at radius 1 is 1.21 bits per heavy atom. The van der Waals surface area contributed by atoms with Crippen LogP contribution < -0.4 is 10.6 Å². The van der Waals surface area contributed by atoms with Gasteiger partial charge in [-0.2, -0.15) is 0 Å². The van der Waals surface area contributed by atoms with Crippen molar-refractivity contribution in [2.75, 3.05) is 10.6 Å². The Morgan fingerprint density at radius 2 is 1.96 bits per heavy atom. The molecule has 0 spiro atoms. The van der Waals surface area contributed by atoms with Gasteiger partial charge in [0.25, 0.3) is 0 Å². The number of rotatable bonds is 8. The highest BCUT2D eigenvalue weighted by Crippen LogP contribution is 2.32. The van der Waals surface area contributed by atoms with Crippen molar-refractivity contribution in [2.24, 2.45) is 0 Å². The van der Waals surface area contributed by atoms with Crippen molar-refractivity contribution in [2.45, 2.75) is 13.3 Å². The number of carboxylic acids is 1. The van der Waals surface area contributed by atoms with Gasteiger partial charge in [-0.15, -0.1) is 17.9 Å². The third-order valence-corrected chi connectivity index (χ3v) is 5.00. The number of hydrogen-bond acceptors (Lipinski definition) is 6. The van der Waals surface area contributed by atoms with Crippen LogP contribution in [0.25, 0.3) is 10.7 Å². The van der Waals surface area contributed by atoms with E-state index in [4.69, 9.17) is 5.11 Å². The van der Waals surface area contributed by atoms with Crippen molar-refractivity contribution in [3.8, 4) is 10.7 Å². The van der Waals surface area contributed by atoms with E-state index in [0.717, 1.165) is 16.1 Å². The first-order valence-electron chi connectivity index (χ1n) is 8.41. The molecule has 28 heavy (non-hydrogen) atoms. The van der Waals surface area contributed by atoms with Crippen LogP contribution in [0.1, 0.15) is 21.6 Å². The number of aromatic nitrogens is 2. The molecule has 3 N–H and O–H groups in total.